The predicted molar refractivity (Wildman–Crippen MR) is 90.0 cm³/mol. The van der Waals surface area contributed by atoms with Gasteiger partial charge in [0.1, 0.15) is 0 Å². The molecule has 0 unspecified atom stereocenters. The minimum atomic E-state index is -0.727. The number of hydrogen-bond acceptors (Lipinski definition) is 7. The van der Waals surface area contributed by atoms with Gasteiger partial charge in [-0.2, -0.15) is 0 Å². The number of esters is 2. The lowest BCUT2D eigenvalue weighted by Gasteiger charge is -2.31. The molecule has 0 bridgehead atoms. The van der Waals surface area contributed by atoms with Crippen molar-refractivity contribution in [2.75, 3.05) is 24.6 Å². The number of benzene rings is 1. The SMILES string of the molecule is O=C(O[C@H]1CCOC1=O)[C@@H]1CCCN(c2nc3ccccc3s2)C1. The molecule has 2 aliphatic heterocycles. The molecule has 7 heteroatoms. The first-order chi connectivity index (χ1) is 11.7. The number of fused-ring (bicyclic) bond motifs is 1. The van der Waals surface area contributed by atoms with Crippen LogP contribution in [-0.2, 0) is 19.1 Å². The van der Waals surface area contributed by atoms with Crippen molar-refractivity contribution in [3.05, 3.63) is 24.3 Å². The molecular formula is C17H18N2O4S. The van der Waals surface area contributed by atoms with Gasteiger partial charge < -0.3 is 14.4 Å². The molecule has 0 radical (unpaired) electrons. The number of anilines is 1. The van der Waals surface area contributed by atoms with Crippen LogP contribution in [0, 0.1) is 5.92 Å². The highest BCUT2D eigenvalue weighted by atomic mass is 32.1. The van der Waals surface area contributed by atoms with Gasteiger partial charge in [-0.3, -0.25) is 4.79 Å². The molecule has 0 saturated carbocycles. The van der Waals surface area contributed by atoms with Crippen molar-refractivity contribution in [2.45, 2.75) is 25.4 Å². The first-order valence-electron chi connectivity index (χ1n) is 8.18. The van der Waals surface area contributed by atoms with Crippen LogP contribution in [0.1, 0.15) is 19.3 Å². The van der Waals surface area contributed by atoms with Crippen LogP contribution in [0.5, 0.6) is 0 Å². The van der Waals surface area contributed by atoms with Gasteiger partial charge in [0.25, 0.3) is 0 Å². The van der Waals surface area contributed by atoms with E-state index in [0.29, 0.717) is 19.6 Å². The summed E-state index contributed by atoms with van der Waals surface area (Å²) >= 11 is 1.64. The van der Waals surface area contributed by atoms with Crippen molar-refractivity contribution >= 4 is 38.6 Å². The molecule has 2 fully saturated rings. The normalized spacial score (nSPS) is 24.2. The van der Waals surface area contributed by atoms with E-state index >= 15 is 0 Å². The largest absolute Gasteiger partial charge is 0.463 e. The van der Waals surface area contributed by atoms with E-state index in [9.17, 15) is 9.59 Å². The highest BCUT2D eigenvalue weighted by Gasteiger charge is 2.34. The highest BCUT2D eigenvalue weighted by Crippen LogP contribution is 2.32. The summed E-state index contributed by atoms with van der Waals surface area (Å²) in [6, 6.07) is 8.03. The Morgan fingerprint density at radius 2 is 2.21 bits per heavy atom. The summed E-state index contributed by atoms with van der Waals surface area (Å²) in [6.07, 6.45) is 1.42. The van der Waals surface area contributed by atoms with Gasteiger partial charge in [0.2, 0.25) is 6.10 Å². The zero-order chi connectivity index (χ0) is 16.5. The summed E-state index contributed by atoms with van der Waals surface area (Å²) in [6.45, 7) is 1.80. The number of nitrogens with zero attached hydrogens (tertiary/aromatic N) is 2. The molecule has 0 amide bonds. The lowest BCUT2D eigenvalue weighted by Crippen LogP contribution is -2.40. The number of thiazole rings is 1. The zero-order valence-corrected chi connectivity index (χ0v) is 14.0. The third kappa shape index (κ3) is 2.96. The van der Waals surface area contributed by atoms with Gasteiger partial charge in [0.15, 0.2) is 5.13 Å². The maximum atomic E-state index is 12.4. The number of rotatable bonds is 3. The fourth-order valence-corrected chi connectivity index (χ4v) is 4.16. The van der Waals surface area contributed by atoms with Crippen LogP contribution in [0.2, 0.25) is 0 Å². The van der Waals surface area contributed by atoms with Crippen LogP contribution in [0.4, 0.5) is 5.13 Å². The Bertz CT molecular complexity index is 742. The lowest BCUT2D eigenvalue weighted by molar-refractivity contribution is -0.163. The third-order valence-electron chi connectivity index (χ3n) is 4.45. The number of cyclic esters (lactones) is 1. The number of aromatic nitrogens is 1. The Morgan fingerprint density at radius 3 is 3.00 bits per heavy atom. The Labute approximate surface area is 143 Å². The molecule has 0 spiro atoms. The van der Waals surface area contributed by atoms with Crippen molar-refractivity contribution in [3.63, 3.8) is 0 Å². The Hall–Kier alpha value is -2.15. The molecular weight excluding hydrogens is 328 g/mol. The molecule has 4 rings (SSSR count). The van der Waals surface area contributed by atoms with E-state index in [4.69, 9.17) is 9.47 Å². The van der Waals surface area contributed by atoms with Crippen LogP contribution in [0.15, 0.2) is 24.3 Å². The molecule has 1 aromatic carbocycles. The van der Waals surface area contributed by atoms with Crippen LogP contribution in [0.25, 0.3) is 10.2 Å². The molecule has 6 nitrogen and oxygen atoms in total. The van der Waals surface area contributed by atoms with E-state index in [1.165, 1.54) is 0 Å². The standard InChI is InChI=1S/C17H18N2O4S/c20-15(23-13-7-9-22-16(13)21)11-4-3-8-19(10-11)17-18-12-5-1-2-6-14(12)24-17/h1-2,5-6,11,13H,3-4,7-10H2/t11-,13+/m1/s1. The monoisotopic (exact) mass is 346 g/mol. The quantitative estimate of drug-likeness (QED) is 0.795. The summed E-state index contributed by atoms with van der Waals surface area (Å²) in [7, 11) is 0. The second-order valence-electron chi connectivity index (χ2n) is 6.13. The minimum Gasteiger partial charge on any atom is -0.463 e. The lowest BCUT2D eigenvalue weighted by atomic mass is 9.98. The Morgan fingerprint density at radius 1 is 1.33 bits per heavy atom. The van der Waals surface area contributed by atoms with Crippen LogP contribution in [-0.4, -0.2) is 42.7 Å². The van der Waals surface area contributed by atoms with Gasteiger partial charge in [-0.1, -0.05) is 23.5 Å². The molecule has 2 atom stereocenters. The Balaban J connectivity index is 1.45. The fourth-order valence-electron chi connectivity index (χ4n) is 3.16. The van der Waals surface area contributed by atoms with E-state index in [1.54, 1.807) is 11.3 Å². The molecule has 2 aliphatic rings. The average Bonchev–Trinajstić information content (AvgIpc) is 3.21. The maximum absolute atomic E-state index is 12.4. The first kappa shape index (κ1) is 15.4. The molecule has 0 aliphatic carbocycles. The van der Waals surface area contributed by atoms with Gasteiger partial charge in [0, 0.05) is 19.5 Å². The Kier molecular flexibility index (Phi) is 4.10. The minimum absolute atomic E-state index is 0.223. The molecule has 0 N–H and O–H groups in total. The second kappa shape index (κ2) is 6.39. The smallest absolute Gasteiger partial charge is 0.347 e. The molecule has 126 valence electrons. The van der Waals surface area contributed by atoms with Gasteiger partial charge in [-0.05, 0) is 25.0 Å². The van der Waals surface area contributed by atoms with Crippen molar-refractivity contribution in [3.8, 4) is 0 Å². The summed E-state index contributed by atoms with van der Waals surface area (Å²) < 4.78 is 11.3. The van der Waals surface area contributed by atoms with Crippen LogP contribution < -0.4 is 4.90 Å². The predicted octanol–water partition coefficient (Wildman–Crippen LogP) is 2.37. The second-order valence-corrected chi connectivity index (χ2v) is 7.14. The molecule has 24 heavy (non-hydrogen) atoms. The van der Waals surface area contributed by atoms with E-state index in [1.807, 2.05) is 18.2 Å². The van der Waals surface area contributed by atoms with Gasteiger partial charge in [-0.15, -0.1) is 0 Å². The van der Waals surface area contributed by atoms with E-state index in [-0.39, 0.29) is 11.9 Å². The number of ether oxygens (including phenoxy) is 2. The van der Waals surface area contributed by atoms with Gasteiger partial charge in [0.05, 0.1) is 22.7 Å². The molecule has 2 aromatic rings. The van der Waals surface area contributed by atoms with Crippen molar-refractivity contribution in [2.24, 2.45) is 5.92 Å². The average molecular weight is 346 g/mol. The fraction of sp³-hybridized carbons (Fsp3) is 0.471. The summed E-state index contributed by atoms with van der Waals surface area (Å²) in [5.41, 5.74) is 0.982. The van der Waals surface area contributed by atoms with Crippen molar-refractivity contribution in [1.29, 1.82) is 0 Å². The number of carbonyl (C=O) groups is 2. The summed E-state index contributed by atoms with van der Waals surface area (Å²) in [5, 5.41) is 0.939. The number of carbonyl (C=O) groups excluding carboxylic acids is 2. The molecule has 2 saturated heterocycles. The van der Waals surface area contributed by atoms with Gasteiger partial charge >= 0.3 is 11.9 Å². The van der Waals surface area contributed by atoms with E-state index in [2.05, 4.69) is 16.0 Å². The third-order valence-corrected chi connectivity index (χ3v) is 5.55. The topological polar surface area (TPSA) is 68.7 Å². The summed E-state index contributed by atoms with van der Waals surface area (Å²) in [5.74, 6) is -0.953. The molecule has 1 aromatic heterocycles. The number of para-hydroxylation sites is 1. The number of hydrogen-bond donors (Lipinski definition) is 0. The molecule has 3 heterocycles. The van der Waals surface area contributed by atoms with Crippen molar-refractivity contribution < 1.29 is 19.1 Å². The maximum Gasteiger partial charge on any atom is 0.347 e. The zero-order valence-electron chi connectivity index (χ0n) is 13.1. The number of piperidine rings is 1. The van der Waals surface area contributed by atoms with Crippen LogP contribution >= 0.6 is 11.3 Å². The summed E-state index contributed by atoms with van der Waals surface area (Å²) in [4.78, 5) is 30.6. The van der Waals surface area contributed by atoms with E-state index < -0.39 is 12.1 Å². The highest BCUT2D eigenvalue weighted by molar-refractivity contribution is 7.22. The van der Waals surface area contributed by atoms with Crippen LogP contribution in [0.3, 0.4) is 0 Å². The first-order valence-corrected chi connectivity index (χ1v) is 9.00. The van der Waals surface area contributed by atoms with Crippen molar-refractivity contribution in [1.82, 2.24) is 4.98 Å². The van der Waals surface area contributed by atoms with E-state index in [0.717, 1.165) is 34.7 Å². The van der Waals surface area contributed by atoms with Gasteiger partial charge in [-0.25, -0.2) is 9.78 Å².